The molecule has 22 heavy (non-hydrogen) atoms. The Kier molecular flexibility index (Phi) is 5.33. The number of rotatable bonds is 5. The Morgan fingerprint density at radius 3 is 2.59 bits per heavy atom. The van der Waals surface area contributed by atoms with Crippen molar-refractivity contribution in [1.29, 1.82) is 0 Å². The number of halogens is 5. The summed E-state index contributed by atoms with van der Waals surface area (Å²) in [7, 11) is 1.63. The van der Waals surface area contributed by atoms with Crippen LogP contribution in [0, 0.1) is 5.82 Å². The lowest BCUT2D eigenvalue weighted by Gasteiger charge is -2.09. The first-order chi connectivity index (χ1) is 10.3. The van der Waals surface area contributed by atoms with Gasteiger partial charge in [0.05, 0.1) is 11.1 Å². The quantitative estimate of drug-likeness (QED) is 0.346. The topological polar surface area (TPSA) is 30.7 Å². The normalized spacial score (nSPS) is 11.9. The van der Waals surface area contributed by atoms with E-state index < -0.39 is 17.6 Å². The highest BCUT2D eigenvalue weighted by Crippen LogP contribution is 2.32. The minimum atomic E-state index is -4.58. The van der Waals surface area contributed by atoms with Gasteiger partial charge in [-0.3, -0.25) is 0 Å². The number of nitrogens with zero attached hydrogens (tertiary/aromatic N) is 3. The highest BCUT2D eigenvalue weighted by Gasteiger charge is 2.31. The van der Waals surface area contributed by atoms with Crippen LogP contribution < -0.4 is 0 Å². The third-order valence-electron chi connectivity index (χ3n) is 2.88. The van der Waals surface area contributed by atoms with Crippen LogP contribution in [0.1, 0.15) is 12.0 Å². The Morgan fingerprint density at radius 1 is 1.27 bits per heavy atom. The van der Waals surface area contributed by atoms with Crippen LogP contribution in [-0.2, 0) is 13.2 Å². The number of benzene rings is 1. The maximum absolute atomic E-state index is 14.0. The fourth-order valence-electron chi connectivity index (χ4n) is 1.77. The predicted octanol–water partition coefficient (Wildman–Crippen LogP) is 4.36. The summed E-state index contributed by atoms with van der Waals surface area (Å²) in [6, 6.07) is 2.35. The van der Waals surface area contributed by atoms with E-state index in [1.165, 1.54) is 11.8 Å². The summed E-state index contributed by atoms with van der Waals surface area (Å²) in [6.07, 6.45) is -3.80. The zero-order chi connectivity index (χ0) is 16.3. The van der Waals surface area contributed by atoms with Gasteiger partial charge < -0.3 is 4.57 Å². The van der Waals surface area contributed by atoms with E-state index in [-0.39, 0.29) is 11.4 Å². The van der Waals surface area contributed by atoms with Crippen molar-refractivity contribution >= 4 is 23.4 Å². The summed E-state index contributed by atoms with van der Waals surface area (Å²) in [5, 5.41) is 8.33. The zero-order valence-corrected chi connectivity index (χ0v) is 13.1. The molecule has 3 nitrogen and oxygen atoms in total. The molecule has 0 fully saturated rings. The lowest BCUT2D eigenvalue weighted by molar-refractivity contribution is -0.137. The molecule has 120 valence electrons. The molecule has 0 N–H and O–H groups in total. The van der Waals surface area contributed by atoms with Crippen LogP contribution in [0.2, 0.25) is 0 Å². The van der Waals surface area contributed by atoms with E-state index in [0.717, 1.165) is 24.3 Å². The fourth-order valence-corrected chi connectivity index (χ4v) is 2.91. The lowest BCUT2D eigenvalue weighted by Crippen LogP contribution is -2.06. The van der Waals surface area contributed by atoms with Gasteiger partial charge in [0, 0.05) is 18.7 Å². The first kappa shape index (κ1) is 17.1. The van der Waals surface area contributed by atoms with Crippen molar-refractivity contribution < 1.29 is 17.6 Å². The second kappa shape index (κ2) is 6.87. The van der Waals surface area contributed by atoms with Crippen LogP contribution in [0.25, 0.3) is 11.4 Å². The Bertz CT molecular complexity index is 657. The summed E-state index contributed by atoms with van der Waals surface area (Å²) in [4.78, 5) is 0. The van der Waals surface area contributed by atoms with Crippen LogP contribution in [0.5, 0.6) is 0 Å². The average Bonchev–Trinajstić information content (AvgIpc) is 2.80. The van der Waals surface area contributed by atoms with Gasteiger partial charge in [0.2, 0.25) is 0 Å². The van der Waals surface area contributed by atoms with Crippen LogP contribution in [0.4, 0.5) is 17.6 Å². The molecule has 0 atom stereocenters. The maximum Gasteiger partial charge on any atom is 0.416 e. The minimum Gasteiger partial charge on any atom is -0.305 e. The van der Waals surface area contributed by atoms with Crippen LogP contribution >= 0.6 is 23.4 Å². The van der Waals surface area contributed by atoms with Crippen molar-refractivity contribution in [3.05, 3.63) is 29.6 Å². The second-order valence-electron chi connectivity index (χ2n) is 4.45. The highest BCUT2D eigenvalue weighted by molar-refractivity contribution is 7.99. The molecule has 0 aliphatic carbocycles. The molecule has 0 radical (unpaired) electrons. The molecule has 0 saturated heterocycles. The van der Waals surface area contributed by atoms with Crippen LogP contribution in [-0.4, -0.2) is 26.4 Å². The number of aromatic nitrogens is 3. The van der Waals surface area contributed by atoms with E-state index in [1.54, 1.807) is 11.6 Å². The molecule has 0 saturated carbocycles. The number of alkyl halides is 4. The fraction of sp³-hybridized carbons (Fsp3) is 0.385. The molecule has 0 bridgehead atoms. The van der Waals surface area contributed by atoms with Crippen molar-refractivity contribution in [3.8, 4) is 11.4 Å². The highest BCUT2D eigenvalue weighted by atomic mass is 35.5. The summed E-state index contributed by atoms with van der Waals surface area (Å²) in [6.45, 7) is 0. The molecule has 0 aliphatic rings. The van der Waals surface area contributed by atoms with Gasteiger partial charge >= 0.3 is 6.18 Å². The average molecular weight is 354 g/mol. The number of hydrogen-bond donors (Lipinski definition) is 0. The largest absolute Gasteiger partial charge is 0.416 e. The smallest absolute Gasteiger partial charge is 0.305 e. The van der Waals surface area contributed by atoms with Crippen LogP contribution in [0.15, 0.2) is 23.4 Å². The molecular weight excluding hydrogens is 342 g/mol. The molecule has 0 aliphatic heterocycles. The van der Waals surface area contributed by atoms with E-state index in [0.29, 0.717) is 17.1 Å². The summed E-state index contributed by atoms with van der Waals surface area (Å²) in [5.74, 6) is 0.443. The Hall–Kier alpha value is -1.28. The van der Waals surface area contributed by atoms with E-state index in [2.05, 4.69) is 10.2 Å². The Labute approximate surface area is 133 Å². The maximum atomic E-state index is 14.0. The molecule has 0 spiro atoms. The van der Waals surface area contributed by atoms with E-state index in [1.807, 2.05) is 0 Å². The van der Waals surface area contributed by atoms with Crippen molar-refractivity contribution in [1.82, 2.24) is 14.8 Å². The van der Waals surface area contributed by atoms with Gasteiger partial charge in [0.25, 0.3) is 0 Å². The number of thioether (sulfide) groups is 1. The Morgan fingerprint density at radius 2 is 2.00 bits per heavy atom. The lowest BCUT2D eigenvalue weighted by atomic mass is 10.1. The second-order valence-corrected chi connectivity index (χ2v) is 5.89. The minimum absolute atomic E-state index is 0.0211. The zero-order valence-electron chi connectivity index (χ0n) is 11.5. The van der Waals surface area contributed by atoms with Crippen molar-refractivity contribution in [2.75, 3.05) is 11.6 Å². The first-order valence-electron chi connectivity index (χ1n) is 6.30. The molecule has 9 heteroatoms. The summed E-state index contributed by atoms with van der Waals surface area (Å²) in [5.41, 5.74) is -1.06. The van der Waals surface area contributed by atoms with Crippen LogP contribution in [0.3, 0.4) is 0 Å². The van der Waals surface area contributed by atoms with E-state index in [9.17, 15) is 17.6 Å². The summed E-state index contributed by atoms with van der Waals surface area (Å²) < 4.78 is 53.1. The SMILES string of the molecule is Cn1c(SCCCCl)nnc1-c1ccc(C(F)(F)F)cc1F. The van der Waals surface area contributed by atoms with Gasteiger partial charge in [-0.2, -0.15) is 13.2 Å². The Balaban J connectivity index is 2.29. The van der Waals surface area contributed by atoms with E-state index in [4.69, 9.17) is 11.6 Å². The van der Waals surface area contributed by atoms with Gasteiger partial charge in [-0.25, -0.2) is 4.39 Å². The first-order valence-corrected chi connectivity index (χ1v) is 7.82. The van der Waals surface area contributed by atoms with Gasteiger partial charge in [-0.1, -0.05) is 11.8 Å². The standard InChI is InChI=1S/C13H12ClF4N3S/c1-21-11(19-20-12(21)22-6-2-5-14)9-4-3-8(7-10(9)15)13(16,17)18/h3-4,7H,2,5-6H2,1H3. The molecule has 0 amide bonds. The molecule has 1 heterocycles. The molecular formula is C13H12ClF4N3S. The predicted molar refractivity (Wildman–Crippen MR) is 77.5 cm³/mol. The van der Waals surface area contributed by atoms with Crippen molar-refractivity contribution in [3.63, 3.8) is 0 Å². The molecule has 2 rings (SSSR count). The van der Waals surface area contributed by atoms with Gasteiger partial charge in [0.15, 0.2) is 11.0 Å². The monoisotopic (exact) mass is 353 g/mol. The van der Waals surface area contributed by atoms with Crippen molar-refractivity contribution in [2.45, 2.75) is 17.8 Å². The third-order valence-corrected chi connectivity index (χ3v) is 4.26. The summed E-state index contributed by atoms with van der Waals surface area (Å²) >= 11 is 6.99. The molecule has 1 aromatic heterocycles. The molecule has 2 aromatic rings. The van der Waals surface area contributed by atoms with Gasteiger partial charge in [-0.05, 0) is 24.6 Å². The van der Waals surface area contributed by atoms with E-state index >= 15 is 0 Å². The van der Waals surface area contributed by atoms with Gasteiger partial charge in [0.1, 0.15) is 5.82 Å². The third kappa shape index (κ3) is 3.73. The molecule has 0 unspecified atom stereocenters. The van der Waals surface area contributed by atoms with Gasteiger partial charge in [-0.15, -0.1) is 21.8 Å². The molecule has 1 aromatic carbocycles. The number of hydrogen-bond acceptors (Lipinski definition) is 3. The van der Waals surface area contributed by atoms with Crippen molar-refractivity contribution in [2.24, 2.45) is 7.05 Å².